The Morgan fingerprint density at radius 1 is 0.742 bits per heavy atom. The molecule has 0 aliphatic heterocycles. The van der Waals surface area contributed by atoms with Crippen molar-refractivity contribution in [1.82, 2.24) is 0 Å². The van der Waals surface area contributed by atoms with E-state index in [1.165, 1.54) is 32.6 Å². The van der Waals surface area contributed by atoms with Crippen LogP contribution in [0.25, 0.3) is 0 Å². The first-order valence-electron chi connectivity index (χ1n) is 10.8. The minimum Gasteiger partial charge on any atom is -1.00 e. The molecule has 31 heavy (non-hydrogen) atoms. The Balaban J connectivity index is 0.00000272. The summed E-state index contributed by atoms with van der Waals surface area (Å²) in [6.45, 7) is 4.91. The lowest BCUT2D eigenvalue weighted by molar-refractivity contribution is -0.00000670. The molecule has 0 amide bonds. The smallest absolute Gasteiger partial charge is 0.143 e. The van der Waals surface area contributed by atoms with Gasteiger partial charge in [0.15, 0.2) is 0 Å². The molecule has 0 fully saturated rings. The molecular formula is C28H30BrOP. The van der Waals surface area contributed by atoms with Crippen LogP contribution in [0.15, 0.2) is 114 Å². The van der Waals surface area contributed by atoms with Crippen LogP contribution >= 0.6 is 7.26 Å². The van der Waals surface area contributed by atoms with Gasteiger partial charge in [-0.25, -0.2) is 0 Å². The van der Waals surface area contributed by atoms with Crippen molar-refractivity contribution in [3.63, 3.8) is 0 Å². The third-order valence-corrected chi connectivity index (χ3v) is 10.2. The number of ether oxygens (including phenoxy) is 1. The van der Waals surface area contributed by atoms with Crippen LogP contribution in [-0.2, 0) is 4.74 Å². The molecule has 0 aromatic heterocycles. The van der Waals surface area contributed by atoms with E-state index in [0.29, 0.717) is 6.61 Å². The van der Waals surface area contributed by atoms with E-state index in [1.54, 1.807) is 0 Å². The Hall–Kier alpha value is -2.15. The fourth-order valence-electron chi connectivity index (χ4n) is 4.39. The van der Waals surface area contributed by atoms with Crippen molar-refractivity contribution in [3.05, 3.63) is 114 Å². The highest BCUT2D eigenvalue weighted by Crippen LogP contribution is 2.66. The van der Waals surface area contributed by atoms with Crippen molar-refractivity contribution in [2.45, 2.75) is 33.1 Å². The number of benzene rings is 3. The van der Waals surface area contributed by atoms with Crippen LogP contribution in [0.1, 0.15) is 33.1 Å². The van der Waals surface area contributed by atoms with E-state index < -0.39 is 7.26 Å². The Morgan fingerprint density at radius 3 is 1.61 bits per heavy atom. The molecule has 4 rings (SSSR count). The Morgan fingerprint density at radius 2 is 1.19 bits per heavy atom. The second-order valence-corrected chi connectivity index (χ2v) is 11.4. The normalized spacial score (nSPS) is 13.5. The molecule has 3 aromatic rings. The molecule has 3 heteroatoms. The summed E-state index contributed by atoms with van der Waals surface area (Å²) in [7, 11) is -1.99. The van der Waals surface area contributed by atoms with Crippen molar-refractivity contribution in [3.8, 4) is 0 Å². The van der Waals surface area contributed by atoms with Crippen LogP contribution in [0, 0.1) is 0 Å². The average molecular weight is 493 g/mol. The van der Waals surface area contributed by atoms with Gasteiger partial charge in [-0.15, -0.1) is 0 Å². The molecular weight excluding hydrogens is 463 g/mol. The predicted molar refractivity (Wildman–Crippen MR) is 131 cm³/mol. The van der Waals surface area contributed by atoms with Crippen molar-refractivity contribution in [2.24, 2.45) is 0 Å². The molecule has 3 aromatic carbocycles. The van der Waals surface area contributed by atoms with Gasteiger partial charge < -0.3 is 21.7 Å². The summed E-state index contributed by atoms with van der Waals surface area (Å²) in [5.74, 6) is 1.21. The van der Waals surface area contributed by atoms with Gasteiger partial charge >= 0.3 is 0 Å². The van der Waals surface area contributed by atoms with Crippen LogP contribution in [0.5, 0.6) is 0 Å². The largest absolute Gasteiger partial charge is 1.00 e. The molecule has 0 bridgehead atoms. The maximum absolute atomic E-state index is 6.43. The van der Waals surface area contributed by atoms with Crippen LogP contribution in [0.3, 0.4) is 0 Å². The minimum atomic E-state index is -1.99. The Labute approximate surface area is 198 Å². The number of hydrogen-bond donors (Lipinski definition) is 0. The zero-order chi connectivity index (χ0) is 20.8. The van der Waals surface area contributed by atoms with Gasteiger partial charge in [0.05, 0.1) is 0 Å². The molecule has 0 saturated heterocycles. The maximum Gasteiger partial charge on any atom is 0.143 e. The van der Waals surface area contributed by atoms with E-state index in [2.05, 4.69) is 111 Å². The van der Waals surface area contributed by atoms with Gasteiger partial charge in [0.2, 0.25) is 0 Å². The van der Waals surface area contributed by atoms with Crippen molar-refractivity contribution < 1.29 is 21.7 Å². The standard InChI is InChI=1S/C28H30OP.BrH/c1-23(2)21-22-29-27-19-12-20-28(27)30(24-13-6-3-7-14-24,25-15-8-4-9-16-25)26-17-10-5-11-18-26;/h3-11,13-18,21H,12,19-20,22H2,1-2H3;1H/q+1;/p-1. The topological polar surface area (TPSA) is 9.23 Å². The summed E-state index contributed by atoms with van der Waals surface area (Å²) in [6, 6.07) is 33.3. The highest BCUT2D eigenvalue weighted by Gasteiger charge is 2.52. The first-order valence-corrected chi connectivity index (χ1v) is 12.6. The second kappa shape index (κ2) is 10.9. The lowest BCUT2D eigenvalue weighted by Crippen LogP contribution is -3.00. The summed E-state index contributed by atoms with van der Waals surface area (Å²) < 4.78 is 6.43. The second-order valence-electron chi connectivity index (χ2n) is 7.99. The Kier molecular flexibility index (Phi) is 8.29. The summed E-state index contributed by atoms with van der Waals surface area (Å²) in [5.41, 5.74) is 1.30. The van der Waals surface area contributed by atoms with E-state index in [-0.39, 0.29) is 17.0 Å². The molecule has 1 aliphatic carbocycles. The number of rotatable bonds is 7. The molecule has 0 heterocycles. The van der Waals surface area contributed by atoms with Crippen LogP contribution in [0.4, 0.5) is 0 Å². The van der Waals surface area contributed by atoms with Crippen molar-refractivity contribution in [1.29, 1.82) is 0 Å². The summed E-state index contributed by atoms with van der Waals surface area (Å²) in [5, 5.41) is 5.72. The van der Waals surface area contributed by atoms with Gasteiger partial charge in [-0.1, -0.05) is 60.2 Å². The fraction of sp³-hybridized carbons (Fsp3) is 0.214. The van der Waals surface area contributed by atoms with E-state index in [9.17, 15) is 0 Å². The number of halogens is 1. The highest BCUT2D eigenvalue weighted by atomic mass is 79.9. The molecule has 160 valence electrons. The van der Waals surface area contributed by atoms with Gasteiger partial charge in [-0.2, -0.15) is 0 Å². The van der Waals surface area contributed by atoms with Gasteiger partial charge in [0.1, 0.15) is 40.9 Å². The van der Waals surface area contributed by atoms with Gasteiger partial charge in [-0.3, -0.25) is 0 Å². The Bertz CT molecular complexity index is 926. The molecule has 0 spiro atoms. The van der Waals surface area contributed by atoms with Crippen LogP contribution in [0.2, 0.25) is 0 Å². The van der Waals surface area contributed by atoms with Crippen LogP contribution < -0.4 is 32.9 Å². The van der Waals surface area contributed by atoms with E-state index in [0.717, 1.165) is 19.3 Å². The maximum atomic E-state index is 6.43. The molecule has 1 aliphatic rings. The molecule has 1 nitrogen and oxygen atoms in total. The van der Waals surface area contributed by atoms with Crippen LogP contribution in [-0.4, -0.2) is 6.61 Å². The molecule has 0 radical (unpaired) electrons. The highest BCUT2D eigenvalue weighted by molar-refractivity contribution is 7.99. The lowest BCUT2D eigenvalue weighted by atomic mass is 10.3. The molecule has 0 saturated carbocycles. The van der Waals surface area contributed by atoms with E-state index in [4.69, 9.17) is 4.74 Å². The van der Waals surface area contributed by atoms with Gasteiger partial charge in [0, 0.05) is 12.8 Å². The average Bonchev–Trinajstić information content (AvgIpc) is 3.25. The third-order valence-electron chi connectivity index (χ3n) is 5.72. The minimum absolute atomic E-state index is 0. The quantitative estimate of drug-likeness (QED) is 0.363. The first kappa shape index (κ1) is 23.5. The first-order chi connectivity index (χ1) is 14.7. The summed E-state index contributed by atoms with van der Waals surface area (Å²) in [4.78, 5) is 0. The fourth-order valence-corrected chi connectivity index (χ4v) is 9.12. The number of hydrogen-bond acceptors (Lipinski definition) is 1. The zero-order valence-electron chi connectivity index (χ0n) is 18.3. The summed E-state index contributed by atoms with van der Waals surface area (Å²) >= 11 is 0. The van der Waals surface area contributed by atoms with Gasteiger partial charge in [0.25, 0.3) is 0 Å². The van der Waals surface area contributed by atoms with E-state index in [1.807, 2.05) is 0 Å². The van der Waals surface area contributed by atoms with E-state index >= 15 is 0 Å². The van der Waals surface area contributed by atoms with Crippen molar-refractivity contribution in [2.75, 3.05) is 6.61 Å². The third kappa shape index (κ3) is 4.86. The SMILES string of the molecule is CC(C)=CCOC1=C([P+](c2ccccc2)(c2ccccc2)c2ccccc2)CCC1.[Br-]. The number of allylic oxidation sites excluding steroid dienone is 3. The molecule has 0 unspecified atom stereocenters. The predicted octanol–water partition coefficient (Wildman–Crippen LogP) is 3.36. The molecule has 0 N–H and O–H groups in total. The zero-order valence-corrected chi connectivity index (χ0v) is 20.8. The van der Waals surface area contributed by atoms with Crippen molar-refractivity contribution >= 4 is 23.2 Å². The van der Waals surface area contributed by atoms with Gasteiger partial charge in [-0.05, 0) is 62.7 Å². The lowest BCUT2D eigenvalue weighted by Gasteiger charge is -2.29. The molecule has 0 atom stereocenters. The monoisotopic (exact) mass is 492 g/mol. The summed E-state index contributed by atoms with van der Waals surface area (Å²) in [6.07, 6.45) is 5.46.